The lowest BCUT2D eigenvalue weighted by Crippen LogP contribution is -2.70. The molecule has 7 heteroatoms. The molecule has 1 aromatic carbocycles. The number of fused-ring (bicyclic) bond motifs is 1. The summed E-state index contributed by atoms with van der Waals surface area (Å²) < 4.78 is 1.59. The zero-order valence-electron chi connectivity index (χ0n) is 16.4. The van der Waals surface area contributed by atoms with Crippen LogP contribution in [0.5, 0.6) is 0 Å². The average molecular weight is 400 g/mol. The number of carbonyl (C=O) groups is 1. The van der Waals surface area contributed by atoms with Gasteiger partial charge < -0.3 is 15.1 Å². The molecule has 1 N–H and O–H groups in total. The number of halogens is 1. The van der Waals surface area contributed by atoms with E-state index in [0.29, 0.717) is 22.3 Å². The standard InChI is InChI=1S/C21H26ClN5O/c1-14-17(22)18(25(2)24-14)20(28)23-19-15-10-26-8-9-27(11-15)13-21(19,12-26)16-6-4-3-5-7-16/h3-7,15,19H,8-13H2,1-2H3,(H,23,28)/t15?,19-,21?/m0/s1. The molecule has 4 aliphatic heterocycles. The predicted octanol–water partition coefficient (Wildman–Crippen LogP) is 1.68. The molecule has 3 atom stereocenters. The zero-order chi connectivity index (χ0) is 19.5. The number of benzene rings is 1. The maximum absolute atomic E-state index is 13.3. The van der Waals surface area contributed by atoms with Gasteiger partial charge in [0.1, 0.15) is 5.69 Å². The number of rotatable bonds is 3. The topological polar surface area (TPSA) is 53.4 Å². The van der Waals surface area contributed by atoms with Gasteiger partial charge in [0.15, 0.2) is 0 Å². The molecule has 2 aromatic rings. The molecule has 1 aromatic heterocycles. The lowest BCUT2D eigenvalue weighted by atomic mass is 9.64. The fraction of sp³-hybridized carbons (Fsp3) is 0.524. The third-order valence-electron chi connectivity index (χ3n) is 6.80. The Balaban J connectivity index is 1.54. The minimum Gasteiger partial charge on any atom is -0.347 e. The summed E-state index contributed by atoms with van der Waals surface area (Å²) in [6.45, 7) is 8.08. The first kappa shape index (κ1) is 18.2. The Morgan fingerprint density at radius 3 is 2.39 bits per heavy atom. The molecule has 0 saturated carbocycles. The van der Waals surface area contributed by atoms with Crippen molar-refractivity contribution < 1.29 is 4.79 Å². The normalized spacial score (nSPS) is 33.7. The molecule has 6 rings (SSSR count). The van der Waals surface area contributed by atoms with Gasteiger partial charge in [0.25, 0.3) is 5.91 Å². The maximum atomic E-state index is 13.3. The first-order valence-electron chi connectivity index (χ1n) is 9.98. The summed E-state index contributed by atoms with van der Waals surface area (Å²) in [6.07, 6.45) is 0. The number of nitrogens with zero attached hydrogens (tertiary/aromatic N) is 4. The third-order valence-corrected chi connectivity index (χ3v) is 7.25. The van der Waals surface area contributed by atoms with Crippen molar-refractivity contribution in [2.75, 3.05) is 39.3 Å². The van der Waals surface area contributed by atoms with E-state index in [2.05, 4.69) is 50.5 Å². The van der Waals surface area contributed by atoms with Crippen molar-refractivity contribution >= 4 is 17.5 Å². The zero-order valence-corrected chi connectivity index (χ0v) is 17.1. The highest BCUT2D eigenvalue weighted by Gasteiger charge is 2.55. The van der Waals surface area contributed by atoms with Crippen molar-refractivity contribution in [3.63, 3.8) is 0 Å². The molecule has 5 heterocycles. The summed E-state index contributed by atoms with van der Waals surface area (Å²) in [4.78, 5) is 18.4. The first-order chi connectivity index (χ1) is 13.5. The van der Waals surface area contributed by atoms with Crippen molar-refractivity contribution in [3.8, 4) is 0 Å². The average Bonchev–Trinajstić information content (AvgIpc) is 2.81. The number of nitrogens with one attached hydrogen (secondary N) is 1. The highest BCUT2D eigenvalue weighted by atomic mass is 35.5. The molecule has 4 bridgehead atoms. The van der Waals surface area contributed by atoms with Gasteiger partial charge in [-0.3, -0.25) is 9.48 Å². The minimum absolute atomic E-state index is 0.0827. The SMILES string of the molecule is Cc1nn(C)c(C(=O)N[C@H]2C3CN4CCN(C3)CC2(c2ccccc2)C4)c1Cl. The molecule has 2 unspecified atom stereocenters. The van der Waals surface area contributed by atoms with E-state index in [1.54, 1.807) is 11.7 Å². The van der Waals surface area contributed by atoms with Crippen LogP contribution in [0.1, 0.15) is 21.7 Å². The van der Waals surface area contributed by atoms with Crippen LogP contribution in [-0.2, 0) is 12.5 Å². The van der Waals surface area contributed by atoms with E-state index in [0.717, 1.165) is 39.3 Å². The smallest absolute Gasteiger partial charge is 0.271 e. The molecular formula is C21H26ClN5O. The summed E-state index contributed by atoms with van der Waals surface area (Å²) in [5, 5.41) is 8.16. The maximum Gasteiger partial charge on any atom is 0.271 e. The molecule has 4 saturated heterocycles. The number of hydrogen-bond acceptors (Lipinski definition) is 4. The monoisotopic (exact) mass is 399 g/mol. The van der Waals surface area contributed by atoms with Crippen molar-refractivity contribution in [1.82, 2.24) is 24.9 Å². The Kier molecular flexibility index (Phi) is 4.27. The second-order valence-electron chi connectivity index (χ2n) is 8.58. The van der Waals surface area contributed by atoms with Crippen LogP contribution in [0.15, 0.2) is 30.3 Å². The van der Waals surface area contributed by atoms with Gasteiger partial charge in [-0.25, -0.2) is 0 Å². The van der Waals surface area contributed by atoms with E-state index >= 15 is 0 Å². The Morgan fingerprint density at radius 2 is 1.82 bits per heavy atom. The Hall–Kier alpha value is -1.89. The fourth-order valence-corrected chi connectivity index (χ4v) is 5.90. The number of aromatic nitrogens is 2. The number of aryl methyl sites for hydroxylation is 2. The molecule has 0 spiro atoms. The van der Waals surface area contributed by atoms with Crippen molar-refractivity contribution in [3.05, 3.63) is 52.3 Å². The van der Waals surface area contributed by atoms with Gasteiger partial charge in [-0.05, 0) is 12.5 Å². The summed E-state index contributed by atoms with van der Waals surface area (Å²) in [5.74, 6) is 0.284. The van der Waals surface area contributed by atoms with Gasteiger partial charge in [0.05, 0.1) is 10.7 Å². The van der Waals surface area contributed by atoms with Gasteiger partial charge in [-0.1, -0.05) is 41.9 Å². The van der Waals surface area contributed by atoms with Crippen LogP contribution in [0, 0.1) is 12.8 Å². The van der Waals surface area contributed by atoms with E-state index in [1.807, 2.05) is 6.92 Å². The van der Waals surface area contributed by atoms with E-state index in [4.69, 9.17) is 11.6 Å². The van der Waals surface area contributed by atoms with Gasteiger partial charge in [-0.2, -0.15) is 5.10 Å². The summed E-state index contributed by atoms with van der Waals surface area (Å²) >= 11 is 6.39. The summed E-state index contributed by atoms with van der Waals surface area (Å²) in [5.41, 5.74) is 2.35. The number of amides is 1. The van der Waals surface area contributed by atoms with Gasteiger partial charge in [0.2, 0.25) is 0 Å². The Labute approximate surface area is 170 Å². The first-order valence-corrected chi connectivity index (χ1v) is 10.4. The van der Waals surface area contributed by atoms with Crippen LogP contribution in [0.25, 0.3) is 0 Å². The minimum atomic E-state index is -0.121. The van der Waals surface area contributed by atoms with Gasteiger partial charge in [-0.15, -0.1) is 0 Å². The van der Waals surface area contributed by atoms with E-state index in [-0.39, 0.29) is 17.4 Å². The largest absolute Gasteiger partial charge is 0.347 e. The lowest BCUT2D eigenvalue weighted by Gasteiger charge is -2.55. The number of piperidine rings is 2. The van der Waals surface area contributed by atoms with E-state index in [1.165, 1.54) is 5.56 Å². The van der Waals surface area contributed by atoms with Crippen LogP contribution in [-0.4, -0.2) is 70.8 Å². The van der Waals surface area contributed by atoms with E-state index < -0.39 is 0 Å². The highest BCUT2D eigenvalue weighted by molar-refractivity contribution is 6.34. The van der Waals surface area contributed by atoms with Crippen molar-refractivity contribution in [2.24, 2.45) is 13.0 Å². The predicted molar refractivity (Wildman–Crippen MR) is 109 cm³/mol. The molecule has 0 aliphatic carbocycles. The third kappa shape index (κ3) is 2.70. The molecule has 0 radical (unpaired) electrons. The molecule has 28 heavy (non-hydrogen) atoms. The summed E-state index contributed by atoms with van der Waals surface area (Å²) in [6, 6.07) is 10.8. The quantitative estimate of drug-likeness (QED) is 0.853. The van der Waals surface area contributed by atoms with E-state index in [9.17, 15) is 4.79 Å². The Bertz CT molecular complexity index is 895. The van der Waals surface area contributed by atoms with Crippen molar-refractivity contribution in [1.29, 1.82) is 0 Å². The van der Waals surface area contributed by atoms with Crippen LogP contribution < -0.4 is 5.32 Å². The van der Waals surface area contributed by atoms with Crippen molar-refractivity contribution in [2.45, 2.75) is 18.4 Å². The second-order valence-corrected chi connectivity index (χ2v) is 8.95. The number of carbonyl (C=O) groups excluding carboxylic acids is 1. The number of hydrogen-bond donors (Lipinski definition) is 1. The molecule has 148 valence electrons. The second kappa shape index (κ2) is 6.58. The highest BCUT2D eigenvalue weighted by Crippen LogP contribution is 2.43. The molecular weight excluding hydrogens is 374 g/mol. The summed E-state index contributed by atoms with van der Waals surface area (Å²) in [7, 11) is 1.78. The molecule has 4 aliphatic rings. The lowest BCUT2D eigenvalue weighted by molar-refractivity contribution is 0.0178. The van der Waals surface area contributed by atoms with Crippen LogP contribution in [0.4, 0.5) is 0 Å². The van der Waals surface area contributed by atoms with Crippen LogP contribution in [0.2, 0.25) is 5.02 Å². The molecule has 4 fully saturated rings. The molecule has 6 nitrogen and oxygen atoms in total. The molecule has 1 amide bonds. The van der Waals surface area contributed by atoms with Gasteiger partial charge in [0, 0.05) is 63.7 Å². The fourth-order valence-electron chi connectivity index (χ4n) is 5.66. The van der Waals surface area contributed by atoms with Crippen LogP contribution in [0.3, 0.4) is 0 Å². The van der Waals surface area contributed by atoms with Crippen LogP contribution >= 0.6 is 11.6 Å². The van der Waals surface area contributed by atoms with Gasteiger partial charge >= 0.3 is 0 Å². The Morgan fingerprint density at radius 1 is 1.18 bits per heavy atom.